The molecule has 0 spiro atoms. The van der Waals surface area contributed by atoms with E-state index in [9.17, 15) is 8.78 Å². The molecule has 4 heteroatoms. The van der Waals surface area contributed by atoms with Gasteiger partial charge in [-0.25, -0.2) is 8.78 Å². The highest BCUT2D eigenvalue weighted by Crippen LogP contribution is 2.31. The average molecular weight is 222 g/mol. The number of likely N-dealkylation sites (N-methyl/N-ethyl adjacent to an activating group) is 1. The second-order valence-corrected chi connectivity index (χ2v) is 3.42. The Morgan fingerprint density at radius 1 is 1.07 bits per heavy atom. The first kappa shape index (κ1) is 14.8. The number of alkyl halides is 2. The minimum absolute atomic E-state index is 0.0327. The minimum atomic E-state index is -2.16. The molecule has 2 aliphatic rings. The van der Waals surface area contributed by atoms with E-state index in [4.69, 9.17) is 0 Å². The molecule has 0 aromatic heterocycles. The van der Waals surface area contributed by atoms with Crippen LogP contribution in [0.25, 0.3) is 0 Å². The fraction of sp³-hybridized carbons (Fsp3) is 1.00. The fourth-order valence-electron chi connectivity index (χ4n) is 1.95. The van der Waals surface area contributed by atoms with E-state index < -0.39 is 6.43 Å². The zero-order valence-corrected chi connectivity index (χ0v) is 10.5. The van der Waals surface area contributed by atoms with Crippen LogP contribution in [-0.2, 0) is 0 Å². The Hall–Kier alpha value is -0.220. The molecule has 0 amide bonds. The maximum absolute atomic E-state index is 11.9. The lowest BCUT2D eigenvalue weighted by atomic mass is 9.86. The molecule has 2 aliphatic heterocycles. The molecule has 2 rings (SSSR count). The molecule has 2 fully saturated rings. The molecule has 0 aromatic rings. The Kier molecular flexibility index (Phi) is 7.02. The van der Waals surface area contributed by atoms with Gasteiger partial charge in [-0.15, -0.1) is 0 Å². The number of halogens is 2. The first-order valence-electron chi connectivity index (χ1n) is 5.91. The molecule has 2 unspecified atom stereocenters. The number of piperazine rings is 1. The van der Waals surface area contributed by atoms with Crippen LogP contribution in [0, 0.1) is 0 Å². The van der Waals surface area contributed by atoms with Gasteiger partial charge < -0.3 is 0 Å². The van der Waals surface area contributed by atoms with E-state index in [1.807, 2.05) is 39.6 Å². The van der Waals surface area contributed by atoms with Gasteiger partial charge >= 0.3 is 0 Å². The van der Waals surface area contributed by atoms with E-state index in [2.05, 4.69) is 4.90 Å². The summed E-state index contributed by atoms with van der Waals surface area (Å²) in [7, 11) is 2.04. The van der Waals surface area contributed by atoms with E-state index in [1.165, 1.54) is 0 Å². The third kappa shape index (κ3) is 3.38. The molecular formula is C11H24F2N2. The van der Waals surface area contributed by atoms with Crippen LogP contribution in [0.4, 0.5) is 8.78 Å². The third-order valence-electron chi connectivity index (χ3n) is 2.75. The highest BCUT2D eigenvalue weighted by Gasteiger charge is 2.49. The van der Waals surface area contributed by atoms with Crippen molar-refractivity contribution in [2.24, 2.45) is 0 Å². The smallest absolute Gasteiger partial charge is 0.251 e. The Morgan fingerprint density at radius 2 is 1.60 bits per heavy atom. The molecule has 92 valence electrons. The minimum Gasteiger partial charge on any atom is -0.299 e. The van der Waals surface area contributed by atoms with E-state index in [-0.39, 0.29) is 6.54 Å². The van der Waals surface area contributed by atoms with Gasteiger partial charge in [0.2, 0.25) is 0 Å². The SMILES string of the molecule is CC.CC.CN1CC2C1CN2CC(F)F. The van der Waals surface area contributed by atoms with Crippen LogP contribution in [0.1, 0.15) is 27.7 Å². The molecule has 0 aliphatic carbocycles. The quantitative estimate of drug-likeness (QED) is 0.707. The van der Waals surface area contributed by atoms with Crippen LogP contribution < -0.4 is 0 Å². The fourth-order valence-corrected chi connectivity index (χ4v) is 1.95. The summed E-state index contributed by atoms with van der Waals surface area (Å²) >= 11 is 0. The van der Waals surface area contributed by atoms with Crippen molar-refractivity contribution in [1.29, 1.82) is 0 Å². The van der Waals surface area contributed by atoms with Gasteiger partial charge in [0.25, 0.3) is 6.43 Å². The lowest BCUT2D eigenvalue weighted by molar-refractivity contribution is -0.126. The Bertz CT molecular complexity index is 165. The normalized spacial score (nSPS) is 28.8. The van der Waals surface area contributed by atoms with Crippen molar-refractivity contribution in [2.45, 2.75) is 46.2 Å². The van der Waals surface area contributed by atoms with Crippen LogP contribution in [0.3, 0.4) is 0 Å². The first-order chi connectivity index (χ1) is 7.18. The van der Waals surface area contributed by atoms with Crippen LogP contribution >= 0.6 is 0 Å². The summed E-state index contributed by atoms with van der Waals surface area (Å²) in [5, 5.41) is 0. The maximum Gasteiger partial charge on any atom is 0.251 e. The highest BCUT2D eigenvalue weighted by molar-refractivity contribution is 5.07. The van der Waals surface area contributed by atoms with Crippen molar-refractivity contribution in [2.75, 3.05) is 26.7 Å². The van der Waals surface area contributed by atoms with E-state index in [0.29, 0.717) is 12.1 Å². The summed E-state index contributed by atoms with van der Waals surface area (Å²) in [5.74, 6) is 0. The summed E-state index contributed by atoms with van der Waals surface area (Å²) in [6.45, 7) is 9.78. The summed E-state index contributed by atoms with van der Waals surface area (Å²) in [6.07, 6.45) is -2.16. The van der Waals surface area contributed by atoms with Crippen molar-refractivity contribution in [3.8, 4) is 0 Å². The summed E-state index contributed by atoms with van der Waals surface area (Å²) in [5.41, 5.74) is 0. The summed E-state index contributed by atoms with van der Waals surface area (Å²) in [6, 6.07) is 1.02. The molecule has 0 bridgehead atoms. The maximum atomic E-state index is 11.9. The predicted molar refractivity (Wildman–Crippen MR) is 60.5 cm³/mol. The number of fused-ring (bicyclic) bond motifs is 1. The third-order valence-corrected chi connectivity index (χ3v) is 2.75. The van der Waals surface area contributed by atoms with Crippen LogP contribution in [-0.4, -0.2) is 55.0 Å². The molecule has 0 radical (unpaired) electrons. The van der Waals surface area contributed by atoms with Gasteiger partial charge in [0.1, 0.15) is 0 Å². The van der Waals surface area contributed by atoms with Crippen LogP contribution in [0.2, 0.25) is 0 Å². The van der Waals surface area contributed by atoms with Crippen LogP contribution in [0.5, 0.6) is 0 Å². The summed E-state index contributed by atoms with van der Waals surface area (Å²) < 4.78 is 23.7. The summed E-state index contributed by atoms with van der Waals surface area (Å²) in [4.78, 5) is 4.09. The topological polar surface area (TPSA) is 6.48 Å². The van der Waals surface area contributed by atoms with Crippen molar-refractivity contribution in [3.63, 3.8) is 0 Å². The van der Waals surface area contributed by atoms with Gasteiger partial charge in [0, 0.05) is 25.2 Å². The molecule has 0 saturated carbocycles. The first-order valence-corrected chi connectivity index (χ1v) is 5.91. The predicted octanol–water partition coefficient (Wildman–Crippen LogP) is 2.30. The number of rotatable bonds is 2. The molecule has 15 heavy (non-hydrogen) atoms. The second-order valence-electron chi connectivity index (χ2n) is 3.42. The zero-order valence-electron chi connectivity index (χ0n) is 10.5. The van der Waals surface area contributed by atoms with Crippen LogP contribution in [0.15, 0.2) is 0 Å². The van der Waals surface area contributed by atoms with Gasteiger partial charge in [-0.1, -0.05) is 27.7 Å². The number of likely N-dealkylation sites (tertiary alicyclic amines) is 2. The molecule has 2 atom stereocenters. The Balaban J connectivity index is 0.000000442. The number of hydrogen-bond donors (Lipinski definition) is 0. The lowest BCUT2D eigenvalue weighted by Crippen LogP contribution is -2.77. The lowest BCUT2D eigenvalue weighted by Gasteiger charge is -2.61. The molecule has 2 saturated heterocycles. The van der Waals surface area contributed by atoms with E-state index >= 15 is 0 Å². The zero-order chi connectivity index (χ0) is 12.0. The van der Waals surface area contributed by atoms with Crippen molar-refractivity contribution in [1.82, 2.24) is 9.80 Å². The number of hydrogen-bond acceptors (Lipinski definition) is 2. The van der Waals surface area contributed by atoms with Crippen molar-refractivity contribution in [3.05, 3.63) is 0 Å². The average Bonchev–Trinajstić information content (AvgIpc) is 2.25. The molecule has 0 aromatic carbocycles. The molecule has 0 N–H and O–H groups in total. The second kappa shape index (κ2) is 7.12. The van der Waals surface area contributed by atoms with Gasteiger partial charge in [0.15, 0.2) is 0 Å². The Labute approximate surface area is 92.2 Å². The van der Waals surface area contributed by atoms with Gasteiger partial charge in [-0.2, -0.15) is 0 Å². The highest BCUT2D eigenvalue weighted by atomic mass is 19.3. The largest absolute Gasteiger partial charge is 0.299 e. The van der Waals surface area contributed by atoms with Crippen molar-refractivity contribution < 1.29 is 8.78 Å². The standard InChI is InChI=1S/C7H12F2N2.2C2H6/c1-10-2-6-5(10)3-11(6)4-7(8)9;2*1-2/h5-7H,2-4H2,1H3;2*1-2H3. The van der Waals surface area contributed by atoms with E-state index in [0.717, 1.165) is 13.1 Å². The van der Waals surface area contributed by atoms with Crippen molar-refractivity contribution >= 4 is 0 Å². The monoisotopic (exact) mass is 222 g/mol. The van der Waals surface area contributed by atoms with Gasteiger partial charge in [-0.05, 0) is 7.05 Å². The van der Waals surface area contributed by atoms with Gasteiger partial charge in [-0.3, -0.25) is 9.80 Å². The number of nitrogens with zero attached hydrogens (tertiary/aromatic N) is 2. The Morgan fingerprint density at radius 3 is 1.87 bits per heavy atom. The molecular weight excluding hydrogens is 198 g/mol. The molecule has 2 heterocycles. The molecule has 2 nitrogen and oxygen atoms in total. The van der Waals surface area contributed by atoms with Gasteiger partial charge in [0.05, 0.1) is 6.54 Å². The van der Waals surface area contributed by atoms with E-state index in [1.54, 1.807) is 0 Å².